The van der Waals surface area contributed by atoms with Crippen molar-refractivity contribution >= 4 is 27.9 Å². The predicted octanol–water partition coefficient (Wildman–Crippen LogP) is 2.28. The maximum absolute atomic E-state index is 13.0. The van der Waals surface area contributed by atoms with Crippen LogP contribution in [0, 0.1) is 14.9 Å². The molecule has 10 nitrogen and oxygen atoms in total. The Labute approximate surface area is 184 Å². The molecule has 1 aliphatic rings. The molecule has 0 bridgehead atoms. The summed E-state index contributed by atoms with van der Waals surface area (Å²) in [6.07, 6.45) is 1.66. The third-order valence-corrected chi connectivity index (χ3v) is 7.47. The lowest BCUT2D eigenvalue weighted by molar-refractivity contribution is -0.387. The van der Waals surface area contributed by atoms with E-state index in [1.54, 1.807) is 11.0 Å². The molecule has 0 radical (unpaired) electrons. The van der Waals surface area contributed by atoms with E-state index in [0.717, 1.165) is 5.69 Å². The first-order valence-corrected chi connectivity index (χ1v) is 11.4. The van der Waals surface area contributed by atoms with Gasteiger partial charge in [-0.05, 0) is 30.4 Å². The minimum atomic E-state index is -3.96. The summed E-state index contributed by atoms with van der Waals surface area (Å²) in [5, 5.41) is 15.6. The summed E-state index contributed by atoms with van der Waals surface area (Å²) >= 11 is 5.53. The van der Waals surface area contributed by atoms with Crippen LogP contribution in [0.25, 0.3) is 5.69 Å². The maximum Gasteiger partial charge on any atom is 0.289 e. The molecule has 162 valence electrons. The van der Waals surface area contributed by atoms with E-state index in [1.807, 2.05) is 39.8 Å². The molecule has 0 aliphatic carbocycles. The summed E-state index contributed by atoms with van der Waals surface area (Å²) in [5.41, 5.74) is 0.502. The van der Waals surface area contributed by atoms with E-state index in [1.165, 1.54) is 28.6 Å². The van der Waals surface area contributed by atoms with Crippen LogP contribution in [0.3, 0.4) is 0 Å². The van der Waals surface area contributed by atoms with Gasteiger partial charge in [-0.1, -0.05) is 30.3 Å². The van der Waals surface area contributed by atoms with E-state index in [2.05, 4.69) is 5.10 Å². The number of nitro benzene ring substituents is 1. The molecule has 0 spiro atoms. The average molecular weight is 461 g/mol. The van der Waals surface area contributed by atoms with Crippen LogP contribution in [0.15, 0.2) is 65.8 Å². The fourth-order valence-electron chi connectivity index (χ4n) is 3.47. The number of sulfonamides is 1. The van der Waals surface area contributed by atoms with Crippen LogP contribution in [0.5, 0.6) is 0 Å². The summed E-state index contributed by atoms with van der Waals surface area (Å²) in [4.78, 5) is 12.3. The summed E-state index contributed by atoms with van der Waals surface area (Å²) in [6, 6.07) is 15.1. The Morgan fingerprint density at radius 3 is 2.32 bits per heavy atom. The Morgan fingerprint density at radius 2 is 1.65 bits per heavy atom. The molecular formula is C19H20N6O4S2. The largest absolute Gasteiger partial charge is 0.289 e. The van der Waals surface area contributed by atoms with Gasteiger partial charge in [-0.3, -0.25) is 19.6 Å². The Balaban J connectivity index is 1.45. The summed E-state index contributed by atoms with van der Waals surface area (Å²) in [6.45, 7) is 1.79. The van der Waals surface area contributed by atoms with Crippen molar-refractivity contribution in [2.24, 2.45) is 0 Å². The zero-order valence-electron chi connectivity index (χ0n) is 16.4. The van der Waals surface area contributed by atoms with Crippen LogP contribution < -0.4 is 0 Å². The molecule has 31 heavy (non-hydrogen) atoms. The molecule has 0 saturated carbocycles. The molecule has 1 fully saturated rings. The Kier molecular flexibility index (Phi) is 5.96. The lowest BCUT2D eigenvalue weighted by atomic mass is 10.3. The predicted molar refractivity (Wildman–Crippen MR) is 116 cm³/mol. The minimum absolute atomic E-state index is 0.223. The van der Waals surface area contributed by atoms with Gasteiger partial charge in [0, 0.05) is 37.9 Å². The van der Waals surface area contributed by atoms with Crippen molar-refractivity contribution in [3.63, 3.8) is 0 Å². The first-order chi connectivity index (χ1) is 14.9. The molecule has 1 aromatic heterocycles. The number of para-hydroxylation sites is 2. The SMILES string of the molecule is O=[N+]([O-])c1ccccc1S(=O)(=O)N1CCN(Cn2ncn(-c3ccccc3)c2=S)CC1. The van der Waals surface area contributed by atoms with Gasteiger partial charge in [0.15, 0.2) is 4.90 Å². The van der Waals surface area contributed by atoms with E-state index < -0.39 is 20.6 Å². The Morgan fingerprint density at radius 1 is 1.00 bits per heavy atom. The fraction of sp³-hybridized carbons (Fsp3) is 0.263. The molecule has 0 amide bonds. The normalized spacial score (nSPS) is 15.7. The molecule has 4 rings (SSSR count). The highest BCUT2D eigenvalue weighted by molar-refractivity contribution is 7.89. The van der Waals surface area contributed by atoms with Gasteiger partial charge in [-0.2, -0.15) is 9.40 Å². The number of hydrogen-bond donors (Lipinski definition) is 0. The highest BCUT2D eigenvalue weighted by Crippen LogP contribution is 2.27. The smallest absolute Gasteiger partial charge is 0.282 e. The minimum Gasteiger partial charge on any atom is -0.282 e. The number of rotatable bonds is 6. The number of nitro groups is 1. The van der Waals surface area contributed by atoms with Crippen molar-refractivity contribution in [1.82, 2.24) is 23.6 Å². The summed E-state index contributed by atoms with van der Waals surface area (Å²) in [7, 11) is -3.96. The highest BCUT2D eigenvalue weighted by Gasteiger charge is 2.33. The van der Waals surface area contributed by atoms with E-state index in [0.29, 0.717) is 24.5 Å². The van der Waals surface area contributed by atoms with Crippen LogP contribution in [0.4, 0.5) is 5.69 Å². The zero-order chi connectivity index (χ0) is 22.0. The second-order valence-corrected chi connectivity index (χ2v) is 9.28. The van der Waals surface area contributed by atoms with E-state index in [4.69, 9.17) is 12.2 Å². The van der Waals surface area contributed by atoms with Crippen LogP contribution in [-0.2, 0) is 16.7 Å². The zero-order valence-corrected chi connectivity index (χ0v) is 18.1. The van der Waals surface area contributed by atoms with Crippen LogP contribution in [0.2, 0.25) is 0 Å². The molecule has 2 heterocycles. The van der Waals surface area contributed by atoms with E-state index >= 15 is 0 Å². The summed E-state index contributed by atoms with van der Waals surface area (Å²) in [5.74, 6) is 0. The second-order valence-electron chi connectivity index (χ2n) is 7.01. The fourth-order valence-corrected chi connectivity index (χ4v) is 5.30. The third-order valence-electron chi connectivity index (χ3n) is 5.11. The number of hydrogen-bond acceptors (Lipinski definition) is 7. The van der Waals surface area contributed by atoms with Gasteiger partial charge in [0.2, 0.25) is 14.8 Å². The van der Waals surface area contributed by atoms with E-state index in [9.17, 15) is 18.5 Å². The second kappa shape index (κ2) is 8.67. The molecule has 1 saturated heterocycles. The topological polar surface area (TPSA) is 107 Å². The third kappa shape index (κ3) is 4.28. The quantitative estimate of drug-likeness (QED) is 0.316. The molecule has 0 atom stereocenters. The van der Waals surface area contributed by atoms with Crippen LogP contribution >= 0.6 is 12.2 Å². The highest BCUT2D eigenvalue weighted by atomic mass is 32.2. The van der Waals surface area contributed by atoms with Crippen molar-refractivity contribution in [2.45, 2.75) is 11.6 Å². The van der Waals surface area contributed by atoms with Gasteiger partial charge >= 0.3 is 0 Å². The Bertz CT molecular complexity index is 1250. The molecule has 0 unspecified atom stereocenters. The van der Waals surface area contributed by atoms with Crippen molar-refractivity contribution in [3.05, 3.63) is 75.8 Å². The summed E-state index contributed by atoms with van der Waals surface area (Å²) < 4.78 is 31.2. The lowest BCUT2D eigenvalue weighted by Crippen LogP contribution is -2.49. The van der Waals surface area contributed by atoms with Crippen LogP contribution in [0.1, 0.15) is 0 Å². The van der Waals surface area contributed by atoms with Gasteiger partial charge in [-0.15, -0.1) is 0 Å². The molecule has 3 aromatic rings. The van der Waals surface area contributed by atoms with Gasteiger partial charge < -0.3 is 0 Å². The van der Waals surface area contributed by atoms with E-state index in [-0.39, 0.29) is 18.0 Å². The van der Waals surface area contributed by atoms with Gasteiger partial charge in [0.25, 0.3) is 5.69 Å². The molecule has 0 N–H and O–H groups in total. The standard InChI is InChI=1S/C19H20N6O4S2/c26-25(27)17-8-4-5-9-18(17)31(28,29)22-12-10-21(11-13-22)15-24-19(30)23(14-20-24)16-6-2-1-3-7-16/h1-9,14H,10-13,15H2. The maximum atomic E-state index is 13.0. The number of piperazine rings is 1. The van der Waals surface area contributed by atoms with Crippen molar-refractivity contribution < 1.29 is 13.3 Å². The molecule has 12 heteroatoms. The van der Waals surface area contributed by atoms with Gasteiger partial charge in [0.05, 0.1) is 11.6 Å². The average Bonchev–Trinajstić information content (AvgIpc) is 3.14. The number of benzene rings is 2. The monoisotopic (exact) mass is 460 g/mol. The van der Waals surface area contributed by atoms with Gasteiger partial charge in [-0.25, -0.2) is 13.1 Å². The first-order valence-electron chi connectivity index (χ1n) is 9.54. The number of aromatic nitrogens is 3. The number of nitrogens with zero attached hydrogens (tertiary/aromatic N) is 6. The van der Waals surface area contributed by atoms with Crippen molar-refractivity contribution in [1.29, 1.82) is 0 Å². The lowest BCUT2D eigenvalue weighted by Gasteiger charge is -2.33. The molecular weight excluding hydrogens is 440 g/mol. The first kappa shape index (κ1) is 21.3. The van der Waals surface area contributed by atoms with Gasteiger partial charge in [0.1, 0.15) is 6.33 Å². The Hall–Kier alpha value is -2.93. The molecule has 2 aromatic carbocycles. The van der Waals surface area contributed by atoms with Crippen LogP contribution in [-0.4, -0.2) is 63.1 Å². The van der Waals surface area contributed by atoms with Crippen molar-refractivity contribution in [3.8, 4) is 5.69 Å². The molecule has 1 aliphatic heterocycles. The van der Waals surface area contributed by atoms with Crippen molar-refractivity contribution in [2.75, 3.05) is 26.2 Å².